The third-order valence-corrected chi connectivity index (χ3v) is 3.52. The zero-order valence-corrected chi connectivity index (χ0v) is 14.2. The maximum atomic E-state index is 11.8. The van der Waals surface area contributed by atoms with Gasteiger partial charge in [-0.15, -0.1) is 0 Å². The molecule has 0 aromatic rings. The molecule has 0 aliphatic carbocycles. The van der Waals surface area contributed by atoms with Gasteiger partial charge in [0.05, 0.1) is 6.10 Å². The van der Waals surface area contributed by atoms with E-state index in [9.17, 15) is 4.79 Å². The van der Waals surface area contributed by atoms with Gasteiger partial charge < -0.3 is 35.1 Å². The van der Waals surface area contributed by atoms with E-state index in [4.69, 9.17) is 30.2 Å². The number of nitrogens with two attached hydrogens (primary N) is 1. The van der Waals surface area contributed by atoms with Crippen LogP contribution in [0.25, 0.3) is 0 Å². The van der Waals surface area contributed by atoms with E-state index in [1.807, 2.05) is 0 Å². The molecule has 2 aliphatic heterocycles. The van der Waals surface area contributed by atoms with Crippen LogP contribution in [0.5, 0.6) is 0 Å². The molecule has 2 heterocycles. The molecule has 1 amide bonds. The Hall–Kier alpha value is -0.930. The molecular formula is C15H30N2O6. The average molecular weight is 334 g/mol. The lowest BCUT2D eigenvalue weighted by Gasteiger charge is -2.29. The fourth-order valence-electron chi connectivity index (χ4n) is 2.31. The van der Waals surface area contributed by atoms with Gasteiger partial charge in [-0.2, -0.15) is 0 Å². The zero-order valence-electron chi connectivity index (χ0n) is 14.2. The number of methoxy groups -OCH3 is 1. The number of aliphatic hydroxyl groups is 2. The summed E-state index contributed by atoms with van der Waals surface area (Å²) in [5, 5.41) is 16.2. The van der Waals surface area contributed by atoms with E-state index in [0.29, 0.717) is 19.7 Å². The van der Waals surface area contributed by atoms with E-state index in [0.717, 1.165) is 25.7 Å². The van der Waals surface area contributed by atoms with E-state index < -0.39 is 5.79 Å². The molecule has 0 spiro atoms. The number of amides is 1. The highest BCUT2D eigenvalue weighted by atomic mass is 16.7. The summed E-state index contributed by atoms with van der Waals surface area (Å²) >= 11 is 0. The molecule has 0 bridgehead atoms. The molecule has 4 N–H and O–H groups in total. The molecule has 2 aliphatic rings. The second kappa shape index (κ2) is 9.39. The Balaban J connectivity index is 0.000000463. The number of rotatable bonds is 3. The Kier molecular flexibility index (Phi) is 8.21. The van der Waals surface area contributed by atoms with Gasteiger partial charge in [0.25, 0.3) is 0 Å². The maximum absolute atomic E-state index is 11.8. The number of hydrogen-bond acceptors (Lipinski definition) is 7. The van der Waals surface area contributed by atoms with Crippen LogP contribution in [-0.2, 0) is 14.2 Å². The van der Waals surface area contributed by atoms with Crippen molar-refractivity contribution < 1.29 is 29.2 Å². The standard InChI is InChI=1S/C12H22N2O4.C3H8O2/c1-16-11-3-2-10(18-11)8-17-12(15)14-6-4-9(13)5-7-14;1-3(2,4)5/h9-11H,2-8,13H2,1H3;4-5H,1-2H3. The average Bonchev–Trinajstić information content (AvgIpc) is 2.92. The van der Waals surface area contributed by atoms with Crippen molar-refractivity contribution in [3.63, 3.8) is 0 Å². The van der Waals surface area contributed by atoms with Crippen LogP contribution < -0.4 is 5.73 Å². The van der Waals surface area contributed by atoms with Gasteiger partial charge in [-0.25, -0.2) is 4.79 Å². The van der Waals surface area contributed by atoms with Gasteiger partial charge in [0.15, 0.2) is 12.1 Å². The molecule has 2 unspecified atom stereocenters. The van der Waals surface area contributed by atoms with Crippen molar-refractivity contribution in [1.82, 2.24) is 4.90 Å². The summed E-state index contributed by atoms with van der Waals surface area (Å²) in [5.41, 5.74) is 5.79. The third kappa shape index (κ3) is 9.07. The molecule has 0 radical (unpaired) electrons. The first kappa shape index (κ1) is 20.1. The van der Waals surface area contributed by atoms with Crippen LogP contribution in [0.4, 0.5) is 4.79 Å². The van der Waals surface area contributed by atoms with Gasteiger partial charge in [-0.3, -0.25) is 0 Å². The predicted molar refractivity (Wildman–Crippen MR) is 83.6 cm³/mol. The summed E-state index contributed by atoms with van der Waals surface area (Å²) in [6, 6.07) is 0.217. The molecule has 2 rings (SSSR count). The van der Waals surface area contributed by atoms with Crippen LogP contribution in [0.15, 0.2) is 0 Å². The minimum Gasteiger partial charge on any atom is -0.447 e. The molecule has 8 nitrogen and oxygen atoms in total. The van der Waals surface area contributed by atoms with Crippen molar-refractivity contribution in [2.45, 2.75) is 63.8 Å². The van der Waals surface area contributed by atoms with Crippen molar-refractivity contribution in [3.05, 3.63) is 0 Å². The van der Waals surface area contributed by atoms with E-state index in [1.165, 1.54) is 13.8 Å². The van der Waals surface area contributed by atoms with Crippen LogP contribution >= 0.6 is 0 Å². The lowest BCUT2D eigenvalue weighted by Crippen LogP contribution is -2.43. The Morgan fingerprint density at radius 1 is 1.26 bits per heavy atom. The van der Waals surface area contributed by atoms with Crippen molar-refractivity contribution in [3.8, 4) is 0 Å². The summed E-state index contributed by atoms with van der Waals surface area (Å²) in [6.07, 6.45) is 2.98. The highest BCUT2D eigenvalue weighted by Crippen LogP contribution is 2.20. The second-order valence-corrected chi connectivity index (χ2v) is 6.40. The highest BCUT2D eigenvalue weighted by molar-refractivity contribution is 5.67. The number of piperidine rings is 1. The quantitative estimate of drug-likeness (QED) is 0.640. The van der Waals surface area contributed by atoms with Gasteiger partial charge in [0.1, 0.15) is 6.61 Å². The monoisotopic (exact) mass is 334 g/mol. The third-order valence-electron chi connectivity index (χ3n) is 3.52. The predicted octanol–water partition coefficient (Wildman–Crippen LogP) is 0.405. The van der Waals surface area contributed by atoms with Crippen LogP contribution in [-0.4, -0.2) is 72.2 Å². The summed E-state index contributed by atoms with van der Waals surface area (Å²) in [5.74, 6) is -1.50. The second-order valence-electron chi connectivity index (χ2n) is 6.40. The van der Waals surface area contributed by atoms with Crippen LogP contribution in [0, 0.1) is 0 Å². The SMILES string of the molecule is CC(C)(O)O.COC1CCC(COC(=O)N2CCC(N)CC2)O1. The number of carbonyl (C=O) groups excluding carboxylic acids is 1. The molecule has 2 saturated heterocycles. The molecule has 23 heavy (non-hydrogen) atoms. The van der Waals surface area contributed by atoms with Gasteiger partial charge in [-0.05, 0) is 33.1 Å². The molecule has 2 atom stereocenters. The number of likely N-dealkylation sites (tertiary alicyclic amines) is 1. The first-order valence-electron chi connectivity index (χ1n) is 7.99. The fourth-order valence-corrected chi connectivity index (χ4v) is 2.31. The Morgan fingerprint density at radius 3 is 2.30 bits per heavy atom. The molecule has 0 aromatic carbocycles. The number of nitrogens with zero attached hydrogens (tertiary/aromatic N) is 1. The molecule has 136 valence electrons. The van der Waals surface area contributed by atoms with Gasteiger partial charge in [0, 0.05) is 32.7 Å². The van der Waals surface area contributed by atoms with Crippen LogP contribution in [0.3, 0.4) is 0 Å². The molecular weight excluding hydrogens is 304 g/mol. The summed E-state index contributed by atoms with van der Waals surface area (Å²) in [7, 11) is 1.62. The Morgan fingerprint density at radius 2 is 1.83 bits per heavy atom. The molecule has 0 aromatic heterocycles. The van der Waals surface area contributed by atoms with Crippen LogP contribution in [0.2, 0.25) is 0 Å². The highest BCUT2D eigenvalue weighted by Gasteiger charge is 2.27. The fraction of sp³-hybridized carbons (Fsp3) is 0.933. The van der Waals surface area contributed by atoms with E-state index in [1.54, 1.807) is 12.0 Å². The Bertz CT molecular complexity index is 346. The first-order chi connectivity index (χ1) is 10.7. The lowest BCUT2D eigenvalue weighted by molar-refractivity contribution is -0.127. The van der Waals surface area contributed by atoms with E-state index in [2.05, 4.69) is 0 Å². The number of hydrogen-bond donors (Lipinski definition) is 3. The van der Waals surface area contributed by atoms with E-state index in [-0.39, 0.29) is 24.5 Å². The topological polar surface area (TPSA) is 114 Å². The normalized spacial score (nSPS) is 25.7. The lowest BCUT2D eigenvalue weighted by atomic mass is 10.1. The van der Waals surface area contributed by atoms with Crippen LogP contribution in [0.1, 0.15) is 39.5 Å². The maximum Gasteiger partial charge on any atom is 0.409 e. The number of carbonyl (C=O) groups is 1. The molecule has 2 fully saturated rings. The summed E-state index contributed by atoms with van der Waals surface area (Å²) < 4.78 is 15.9. The number of ether oxygens (including phenoxy) is 3. The Labute approximate surface area is 137 Å². The van der Waals surface area contributed by atoms with Crippen molar-refractivity contribution in [2.75, 3.05) is 26.8 Å². The van der Waals surface area contributed by atoms with Crippen molar-refractivity contribution >= 4 is 6.09 Å². The minimum absolute atomic E-state index is 0.0362. The van der Waals surface area contributed by atoms with Gasteiger partial charge in [0.2, 0.25) is 0 Å². The molecule has 0 saturated carbocycles. The molecule has 8 heteroatoms. The van der Waals surface area contributed by atoms with E-state index >= 15 is 0 Å². The van der Waals surface area contributed by atoms with Gasteiger partial charge in [-0.1, -0.05) is 0 Å². The van der Waals surface area contributed by atoms with Crippen molar-refractivity contribution in [1.29, 1.82) is 0 Å². The first-order valence-corrected chi connectivity index (χ1v) is 7.99. The summed E-state index contributed by atoms with van der Waals surface area (Å²) in [4.78, 5) is 13.5. The minimum atomic E-state index is -1.50. The largest absolute Gasteiger partial charge is 0.447 e. The smallest absolute Gasteiger partial charge is 0.409 e. The zero-order chi connectivity index (χ0) is 17.5. The summed E-state index contributed by atoms with van der Waals surface area (Å²) in [6.45, 7) is 4.28. The van der Waals surface area contributed by atoms with Gasteiger partial charge >= 0.3 is 6.09 Å². The van der Waals surface area contributed by atoms with Crippen molar-refractivity contribution in [2.24, 2.45) is 5.73 Å².